The SMILES string of the molecule is C[C@H](Oc1ccc(C#N)cc1C(F)(F)F)C(F)(F)F. The van der Waals surface area contributed by atoms with Gasteiger partial charge in [0.25, 0.3) is 0 Å². The summed E-state index contributed by atoms with van der Waals surface area (Å²) in [4.78, 5) is 0. The summed E-state index contributed by atoms with van der Waals surface area (Å²) in [6, 6.07) is 3.57. The van der Waals surface area contributed by atoms with Crippen molar-refractivity contribution in [1.82, 2.24) is 0 Å². The number of halogens is 6. The number of hydrogen-bond donors (Lipinski definition) is 0. The molecule has 0 fully saturated rings. The summed E-state index contributed by atoms with van der Waals surface area (Å²) in [6.45, 7) is 0.596. The molecule has 0 amide bonds. The zero-order valence-corrected chi connectivity index (χ0v) is 9.43. The summed E-state index contributed by atoms with van der Waals surface area (Å²) in [5.41, 5.74) is -1.73. The molecule has 0 bridgehead atoms. The minimum atomic E-state index is -4.91. The van der Waals surface area contributed by atoms with E-state index in [-0.39, 0.29) is 5.56 Å². The van der Waals surface area contributed by atoms with Gasteiger partial charge < -0.3 is 4.74 Å². The summed E-state index contributed by atoms with van der Waals surface area (Å²) in [5.74, 6) is -0.962. The first kappa shape index (κ1) is 15.1. The molecule has 104 valence electrons. The van der Waals surface area contributed by atoms with Crippen LogP contribution in [0.5, 0.6) is 5.75 Å². The second kappa shape index (κ2) is 4.99. The molecule has 1 aromatic carbocycles. The van der Waals surface area contributed by atoms with Crippen molar-refractivity contribution < 1.29 is 31.1 Å². The maximum Gasteiger partial charge on any atom is 0.425 e. The third-order valence-corrected chi connectivity index (χ3v) is 2.18. The fraction of sp³-hybridized carbons (Fsp3) is 0.364. The van der Waals surface area contributed by atoms with Gasteiger partial charge in [-0.15, -0.1) is 0 Å². The normalized spacial score (nSPS) is 13.8. The fourth-order valence-corrected chi connectivity index (χ4v) is 1.18. The van der Waals surface area contributed by atoms with E-state index in [1.165, 1.54) is 6.07 Å². The molecule has 2 nitrogen and oxygen atoms in total. The maximum absolute atomic E-state index is 12.6. The van der Waals surface area contributed by atoms with E-state index in [0.717, 1.165) is 6.07 Å². The standard InChI is InChI=1S/C11H7F6NO/c1-6(10(12,13)14)19-9-3-2-7(5-18)4-8(9)11(15,16)17/h2-4,6H,1H3/t6-/m0/s1. The van der Waals surface area contributed by atoms with Crippen LogP contribution in [-0.2, 0) is 6.18 Å². The van der Waals surface area contributed by atoms with Gasteiger partial charge in [-0.1, -0.05) is 0 Å². The third kappa shape index (κ3) is 3.77. The van der Waals surface area contributed by atoms with Crippen LogP contribution in [0, 0.1) is 11.3 Å². The highest BCUT2D eigenvalue weighted by Gasteiger charge is 2.41. The molecule has 0 aromatic heterocycles. The summed E-state index contributed by atoms with van der Waals surface area (Å²) in [5, 5.41) is 8.49. The van der Waals surface area contributed by atoms with E-state index in [2.05, 4.69) is 4.74 Å². The molecular weight excluding hydrogens is 276 g/mol. The highest BCUT2D eigenvalue weighted by molar-refractivity contribution is 5.43. The van der Waals surface area contributed by atoms with E-state index in [4.69, 9.17) is 5.26 Å². The topological polar surface area (TPSA) is 33.0 Å². The molecule has 1 aromatic rings. The monoisotopic (exact) mass is 283 g/mol. The molecule has 0 saturated heterocycles. The number of ether oxygens (including phenoxy) is 1. The van der Waals surface area contributed by atoms with E-state index in [1.54, 1.807) is 0 Å². The van der Waals surface area contributed by atoms with Crippen molar-refractivity contribution in [3.05, 3.63) is 29.3 Å². The van der Waals surface area contributed by atoms with Gasteiger partial charge in [-0.2, -0.15) is 31.6 Å². The van der Waals surface area contributed by atoms with Crippen molar-refractivity contribution in [2.75, 3.05) is 0 Å². The highest BCUT2D eigenvalue weighted by atomic mass is 19.4. The Morgan fingerprint density at radius 2 is 1.74 bits per heavy atom. The molecule has 0 spiro atoms. The van der Waals surface area contributed by atoms with Crippen molar-refractivity contribution in [2.24, 2.45) is 0 Å². The second-order valence-corrected chi connectivity index (χ2v) is 3.62. The lowest BCUT2D eigenvalue weighted by Crippen LogP contribution is -2.31. The molecule has 0 aliphatic carbocycles. The number of alkyl halides is 6. The van der Waals surface area contributed by atoms with Crippen LogP contribution in [0.2, 0.25) is 0 Å². The Labute approximate surface area is 104 Å². The van der Waals surface area contributed by atoms with Crippen LogP contribution in [0.4, 0.5) is 26.3 Å². The number of rotatable bonds is 2. The molecule has 19 heavy (non-hydrogen) atoms. The molecule has 0 N–H and O–H groups in total. The zero-order valence-electron chi connectivity index (χ0n) is 9.43. The van der Waals surface area contributed by atoms with E-state index < -0.39 is 29.8 Å². The van der Waals surface area contributed by atoms with Gasteiger partial charge in [0, 0.05) is 0 Å². The van der Waals surface area contributed by atoms with Crippen molar-refractivity contribution >= 4 is 0 Å². The van der Waals surface area contributed by atoms with Gasteiger partial charge in [0.15, 0.2) is 6.10 Å². The van der Waals surface area contributed by atoms with E-state index >= 15 is 0 Å². The van der Waals surface area contributed by atoms with Crippen LogP contribution in [0.1, 0.15) is 18.1 Å². The minimum absolute atomic E-state index is 0.320. The van der Waals surface area contributed by atoms with Crippen LogP contribution in [0.25, 0.3) is 0 Å². The predicted molar refractivity (Wildman–Crippen MR) is 52.3 cm³/mol. The first-order valence-electron chi connectivity index (χ1n) is 4.90. The summed E-state index contributed by atoms with van der Waals surface area (Å²) < 4.78 is 79.0. The first-order chi connectivity index (χ1) is 8.55. The largest absolute Gasteiger partial charge is 0.481 e. The van der Waals surface area contributed by atoms with Gasteiger partial charge in [-0.25, -0.2) is 0 Å². The number of nitrogens with zero attached hydrogens (tertiary/aromatic N) is 1. The lowest BCUT2D eigenvalue weighted by atomic mass is 10.1. The van der Waals surface area contributed by atoms with Gasteiger partial charge in [-0.3, -0.25) is 0 Å². The molecule has 1 rings (SSSR count). The molecule has 0 unspecified atom stereocenters. The predicted octanol–water partition coefficient (Wildman–Crippen LogP) is 3.91. The lowest BCUT2D eigenvalue weighted by Gasteiger charge is -2.20. The van der Waals surface area contributed by atoms with E-state index in [9.17, 15) is 26.3 Å². The number of nitriles is 1. The van der Waals surface area contributed by atoms with Crippen molar-refractivity contribution in [3.8, 4) is 11.8 Å². The molecule has 0 aliphatic heterocycles. The van der Waals surface area contributed by atoms with Gasteiger partial charge in [0.1, 0.15) is 5.75 Å². The lowest BCUT2D eigenvalue weighted by molar-refractivity contribution is -0.191. The Bertz CT molecular complexity index is 499. The second-order valence-electron chi connectivity index (χ2n) is 3.62. The van der Waals surface area contributed by atoms with E-state index in [0.29, 0.717) is 19.1 Å². The Balaban J connectivity index is 3.18. The van der Waals surface area contributed by atoms with Gasteiger partial charge in [-0.05, 0) is 25.1 Å². The summed E-state index contributed by atoms with van der Waals surface area (Å²) in [6.07, 6.45) is -12.1. The summed E-state index contributed by atoms with van der Waals surface area (Å²) >= 11 is 0. The zero-order chi connectivity index (χ0) is 14.8. The van der Waals surface area contributed by atoms with Gasteiger partial charge in [0.2, 0.25) is 0 Å². The van der Waals surface area contributed by atoms with Crippen LogP contribution >= 0.6 is 0 Å². The third-order valence-electron chi connectivity index (χ3n) is 2.18. The van der Waals surface area contributed by atoms with Crippen molar-refractivity contribution in [1.29, 1.82) is 5.26 Å². The van der Waals surface area contributed by atoms with E-state index in [1.807, 2.05) is 0 Å². The van der Waals surface area contributed by atoms with Gasteiger partial charge >= 0.3 is 12.4 Å². The molecule has 0 heterocycles. The molecule has 8 heteroatoms. The minimum Gasteiger partial charge on any atom is -0.481 e. The quantitative estimate of drug-likeness (QED) is 0.771. The average Bonchev–Trinajstić information content (AvgIpc) is 2.26. The Hall–Kier alpha value is -1.91. The van der Waals surface area contributed by atoms with Crippen LogP contribution in [0.3, 0.4) is 0 Å². The number of benzene rings is 1. The first-order valence-corrected chi connectivity index (χ1v) is 4.90. The molecule has 1 atom stereocenters. The van der Waals surface area contributed by atoms with Gasteiger partial charge in [0.05, 0.1) is 17.2 Å². The maximum atomic E-state index is 12.6. The molecular formula is C11H7F6NO. The van der Waals surface area contributed by atoms with Crippen LogP contribution in [-0.4, -0.2) is 12.3 Å². The van der Waals surface area contributed by atoms with Crippen molar-refractivity contribution in [3.63, 3.8) is 0 Å². The Morgan fingerprint density at radius 3 is 2.16 bits per heavy atom. The number of hydrogen-bond acceptors (Lipinski definition) is 2. The van der Waals surface area contributed by atoms with Crippen LogP contribution in [0.15, 0.2) is 18.2 Å². The van der Waals surface area contributed by atoms with Crippen molar-refractivity contribution in [2.45, 2.75) is 25.4 Å². The summed E-state index contributed by atoms with van der Waals surface area (Å²) in [7, 11) is 0. The highest BCUT2D eigenvalue weighted by Crippen LogP contribution is 2.38. The fourth-order valence-electron chi connectivity index (χ4n) is 1.18. The molecule has 0 radical (unpaired) electrons. The average molecular weight is 283 g/mol. The van der Waals surface area contributed by atoms with Crippen LogP contribution < -0.4 is 4.74 Å². The Kier molecular flexibility index (Phi) is 3.98. The molecule has 0 saturated carbocycles. The smallest absolute Gasteiger partial charge is 0.425 e. The molecule has 0 aliphatic rings. The Morgan fingerprint density at radius 1 is 1.16 bits per heavy atom.